The normalized spacial score (nSPS) is 23.2. The van der Waals surface area contributed by atoms with Crippen LogP contribution < -0.4 is 0 Å². The van der Waals surface area contributed by atoms with Crippen molar-refractivity contribution in [2.24, 2.45) is 11.8 Å². The second kappa shape index (κ2) is 7.25. The molecule has 1 amide bonds. The summed E-state index contributed by atoms with van der Waals surface area (Å²) in [7, 11) is -3.49. The maximum atomic E-state index is 12.9. The number of nitrogens with zero attached hydrogens (tertiary/aromatic N) is 2. The SMILES string of the molecule is CC(=O)N1CCC(C2CCN(S(=O)(=O)c3ccc(C)c(Cl)c3)C2)CC1. The molecule has 1 atom stereocenters. The van der Waals surface area contributed by atoms with E-state index in [2.05, 4.69) is 0 Å². The van der Waals surface area contributed by atoms with Crippen molar-refractivity contribution in [2.45, 2.75) is 38.0 Å². The summed E-state index contributed by atoms with van der Waals surface area (Å²) in [6.07, 6.45) is 2.83. The molecule has 5 nitrogen and oxygen atoms in total. The Hall–Kier alpha value is -1.11. The van der Waals surface area contributed by atoms with Gasteiger partial charge >= 0.3 is 0 Å². The molecular formula is C18H25ClN2O3S. The first-order valence-corrected chi connectivity index (χ1v) is 10.6. The third kappa shape index (κ3) is 3.86. The van der Waals surface area contributed by atoms with Crippen LogP contribution in [-0.4, -0.2) is 49.7 Å². The highest BCUT2D eigenvalue weighted by Gasteiger charge is 2.37. The van der Waals surface area contributed by atoms with Gasteiger partial charge < -0.3 is 4.90 Å². The standard InChI is InChI=1S/C18H25ClN2O3S/c1-13-3-4-17(11-18(13)19)25(23,24)21-10-7-16(12-21)15-5-8-20(9-6-15)14(2)22/h3-4,11,15-16H,5-10,12H2,1-2H3. The minimum Gasteiger partial charge on any atom is -0.343 e. The lowest BCUT2D eigenvalue weighted by atomic mass is 9.84. The van der Waals surface area contributed by atoms with Crippen LogP contribution in [0.3, 0.4) is 0 Å². The van der Waals surface area contributed by atoms with Crippen LogP contribution in [0.4, 0.5) is 0 Å². The van der Waals surface area contributed by atoms with E-state index in [1.165, 1.54) is 0 Å². The van der Waals surface area contributed by atoms with Gasteiger partial charge in [-0.3, -0.25) is 4.79 Å². The molecule has 2 saturated heterocycles. The summed E-state index contributed by atoms with van der Waals surface area (Å²) in [5.41, 5.74) is 0.872. The number of piperidine rings is 1. The number of sulfonamides is 1. The molecule has 0 bridgehead atoms. The number of likely N-dealkylation sites (tertiary alicyclic amines) is 1. The molecule has 0 aromatic heterocycles. The zero-order valence-corrected chi connectivity index (χ0v) is 16.3. The highest BCUT2D eigenvalue weighted by molar-refractivity contribution is 7.89. The Morgan fingerprint density at radius 1 is 1.12 bits per heavy atom. The molecule has 2 aliphatic heterocycles. The fraction of sp³-hybridized carbons (Fsp3) is 0.611. The first-order chi connectivity index (χ1) is 11.8. The van der Waals surface area contributed by atoms with E-state index in [9.17, 15) is 13.2 Å². The molecule has 0 radical (unpaired) electrons. The number of carbonyl (C=O) groups is 1. The molecule has 7 heteroatoms. The summed E-state index contributed by atoms with van der Waals surface area (Å²) in [5.74, 6) is 1.01. The highest BCUT2D eigenvalue weighted by atomic mass is 35.5. The molecule has 2 aliphatic rings. The van der Waals surface area contributed by atoms with Gasteiger partial charge in [0.25, 0.3) is 0 Å². The number of carbonyl (C=O) groups excluding carboxylic acids is 1. The number of aryl methyl sites for hydroxylation is 1. The largest absolute Gasteiger partial charge is 0.343 e. The predicted octanol–water partition coefficient (Wildman–Crippen LogP) is 2.92. The summed E-state index contributed by atoms with van der Waals surface area (Å²) < 4.78 is 27.4. The summed E-state index contributed by atoms with van der Waals surface area (Å²) in [6.45, 7) is 6.17. The lowest BCUT2D eigenvalue weighted by Crippen LogP contribution is -2.39. The van der Waals surface area contributed by atoms with Gasteiger partial charge in [0, 0.05) is 38.1 Å². The van der Waals surface area contributed by atoms with E-state index in [-0.39, 0.29) is 10.8 Å². The van der Waals surface area contributed by atoms with E-state index in [0.717, 1.165) is 37.9 Å². The summed E-state index contributed by atoms with van der Waals surface area (Å²) in [6, 6.07) is 4.93. The molecule has 0 N–H and O–H groups in total. The maximum absolute atomic E-state index is 12.9. The average Bonchev–Trinajstić information content (AvgIpc) is 3.08. The second-order valence-corrected chi connectivity index (χ2v) is 9.51. The fourth-order valence-electron chi connectivity index (χ4n) is 3.93. The molecule has 1 aromatic rings. The maximum Gasteiger partial charge on any atom is 0.243 e. The van der Waals surface area contributed by atoms with Crippen molar-refractivity contribution in [2.75, 3.05) is 26.2 Å². The molecule has 3 rings (SSSR count). The van der Waals surface area contributed by atoms with E-state index in [4.69, 9.17) is 11.6 Å². The van der Waals surface area contributed by atoms with E-state index in [1.807, 2.05) is 11.8 Å². The number of benzene rings is 1. The van der Waals surface area contributed by atoms with Crippen molar-refractivity contribution in [3.8, 4) is 0 Å². The molecule has 0 spiro atoms. The van der Waals surface area contributed by atoms with Gasteiger partial charge in [-0.15, -0.1) is 0 Å². The summed E-state index contributed by atoms with van der Waals surface area (Å²) >= 11 is 6.10. The van der Waals surface area contributed by atoms with Gasteiger partial charge in [-0.2, -0.15) is 4.31 Å². The first kappa shape index (κ1) is 18.7. The Morgan fingerprint density at radius 3 is 2.36 bits per heavy atom. The van der Waals surface area contributed by atoms with E-state index < -0.39 is 10.0 Å². The van der Waals surface area contributed by atoms with Crippen LogP contribution in [0.2, 0.25) is 5.02 Å². The molecule has 2 fully saturated rings. The van der Waals surface area contributed by atoms with Gasteiger partial charge in [0.1, 0.15) is 0 Å². The topological polar surface area (TPSA) is 57.7 Å². The number of amides is 1. The molecular weight excluding hydrogens is 360 g/mol. The molecule has 25 heavy (non-hydrogen) atoms. The van der Waals surface area contributed by atoms with Crippen molar-refractivity contribution >= 4 is 27.5 Å². The lowest BCUT2D eigenvalue weighted by molar-refractivity contribution is -0.130. The van der Waals surface area contributed by atoms with E-state index in [0.29, 0.717) is 29.9 Å². The van der Waals surface area contributed by atoms with E-state index >= 15 is 0 Å². The average molecular weight is 385 g/mol. The van der Waals surface area contributed by atoms with Crippen LogP contribution in [-0.2, 0) is 14.8 Å². The Bertz CT molecular complexity index is 758. The summed E-state index contributed by atoms with van der Waals surface area (Å²) in [4.78, 5) is 13.6. The second-order valence-electron chi connectivity index (χ2n) is 7.17. The van der Waals surface area contributed by atoms with Crippen LogP contribution in [0, 0.1) is 18.8 Å². The Balaban J connectivity index is 1.66. The minimum absolute atomic E-state index is 0.130. The van der Waals surface area contributed by atoms with Gasteiger partial charge in [0.05, 0.1) is 4.90 Å². The quantitative estimate of drug-likeness (QED) is 0.805. The van der Waals surface area contributed by atoms with Crippen LogP contribution in [0.5, 0.6) is 0 Å². The first-order valence-electron chi connectivity index (χ1n) is 8.81. The minimum atomic E-state index is -3.49. The zero-order valence-electron chi connectivity index (χ0n) is 14.7. The predicted molar refractivity (Wildman–Crippen MR) is 98.0 cm³/mol. The number of rotatable bonds is 3. The highest BCUT2D eigenvalue weighted by Crippen LogP contribution is 2.34. The molecule has 138 valence electrons. The van der Waals surface area contributed by atoms with Crippen LogP contribution in [0.15, 0.2) is 23.1 Å². The van der Waals surface area contributed by atoms with E-state index in [1.54, 1.807) is 29.4 Å². The van der Waals surface area contributed by atoms with Gasteiger partial charge in [0.2, 0.25) is 15.9 Å². The summed E-state index contributed by atoms with van der Waals surface area (Å²) in [5, 5.41) is 0.480. The van der Waals surface area contributed by atoms with Crippen molar-refractivity contribution < 1.29 is 13.2 Å². The van der Waals surface area contributed by atoms with Crippen molar-refractivity contribution in [1.82, 2.24) is 9.21 Å². The van der Waals surface area contributed by atoms with Crippen molar-refractivity contribution in [1.29, 1.82) is 0 Å². The molecule has 1 unspecified atom stereocenters. The third-order valence-corrected chi connectivity index (χ3v) is 7.89. The van der Waals surface area contributed by atoms with Crippen LogP contribution in [0.25, 0.3) is 0 Å². The Kier molecular flexibility index (Phi) is 5.42. The van der Waals surface area contributed by atoms with Crippen molar-refractivity contribution in [3.05, 3.63) is 28.8 Å². The van der Waals surface area contributed by atoms with Gasteiger partial charge in [-0.1, -0.05) is 17.7 Å². The Labute approximate surface area is 155 Å². The fourth-order valence-corrected chi connectivity index (χ4v) is 5.71. The number of hydrogen-bond donors (Lipinski definition) is 0. The Morgan fingerprint density at radius 2 is 1.76 bits per heavy atom. The lowest BCUT2D eigenvalue weighted by Gasteiger charge is -2.34. The van der Waals surface area contributed by atoms with Gasteiger partial charge in [0.15, 0.2) is 0 Å². The monoisotopic (exact) mass is 384 g/mol. The smallest absolute Gasteiger partial charge is 0.243 e. The van der Waals surface area contributed by atoms with Gasteiger partial charge in [-0.25, -0.2) is 8.42 Å². The number of hydrogen-bond acceptors (Lipinski definition) is 3. The zero-order chi connectivity index (χ0) is 18.2. The van der Waals surface area contributed by atoms with Gasteiger partial charge in [-0.05, 0) is 55.7 Å². The molecule has 2 heterocycles. The number of halogens is 1. The van der Waals surface area contributed by atoms with Crippen LogP contribution >= 0.6 is 11.6 Å². The molecule has 0 saturated carbocycles. The molecule has 1 aromatic carbocycles. The van der Waals surface area contributed by atoms with Crippen LogP contribution in [0.1, 0.15) is 31.7 Å². The van der Waals surface area contributed by atoms with Crippen molar-refractivity contribution in [3.63, 3.8) is 0 Å². The molecule has 0 aliphatic carbocycles. The third-order valence-electron chi connectivity index (χ3n) is 5.62.